The molecule has 4 heteroatoms. The van der Waals surface area contributed by atoms with E-state index in [4.69, 9.17) is 4.74 Å². The predicted octanol–water partition coefficient (Wildman–Crippen LogP) is 3.12. The monoisotopic (exact) mass is 274 g/mol. The summed E-state index contributed by atoms with van der Waals surface area (Å²) in [5.41, 5.74) is 1.96. The fraction of sp³-hybridized carbons (Fsp3) is 0.312. The van der Waals surface area contributed by atoms with Crippen LogP contribution in [0, 0.1) is 5.82 Å². The molecule has 20 heavy (non-hydrogen) atoms. The van der Waals surface area contributed by atoms with Gasteiger partial charge in [-0.3, -0.25) is 4.98 Å². The van der Waals surface area contributed by atoms with E-state index in [0.29, 0.717) is 6.61 Å². The Bertz CT molecular complexity index is 545. The van der Waals surface area contributed by atoms with Crippen LogP contribution in [0.2, 0.25) is 0 Å². The van der Waals surface area contributed by atoms with Gasteiger partial charge in [-0.05, 0) is 43.8 Å². The lowest BCUT2D eigenvalue weighted by molar-refractivity contribution is 0.315. The minimum Gasteiger partial charge on any atom is -0.493 e. The van der Waals surface area contributed by atoms with Crippen LogP contribution in [0.5, 0.6) is 5.75 Å². The Morgan fingerprint density at radius 2 is 2.20 bits per heavy atom. The van der Waals surface area contributed by atoms with Gasteiger partial charge in [0, 0.05) is 30.4 Å². The van der Waals surface area contributed by atoms with Crippen molar-refractivity contribution in [1.82, 2.24) is 10.3 Å². The van der Waals surface area contributed by atoms with Gasteiger partial charge in [0.2, 0.25) is 0 Å². The van der Waals surface area contributed by atoms with Gasteiger partial charge in [-0.15, -0.1) is 0 Å². The quantitative estimate of drug-likeness (QED) is 0.878. The molecule has 1 aromatic heterocycles. The number of nitrogens with one attached hydrogen (secondary N) is 1. The third-order valence-corrected chi connectivity index (χ3v) is 3.24. The lowest BCUT2D eigenvalue weighted by Crippen LogP contribution is -2.14. The molecular formula is C16H19FN2O. The number of hydrogen-bond donors (Lipinski definition) is 1. The number of hydrogen-bond acceptors (Lipinski definition) is 3. The predicted molar refractivity (Wildman–Crippen MR) is 77.3 cm³/mol. The third-order valence-electron chi connectivity index (χ3n) is 3.24. The molecular weight excluding hydrogens is 255 g/mol. The molecule has 0 fully saturated rings. The first-order chi connectivity index (χ1) is 9.70. The van der Waals surface area contributed by atoms with Gasteiger partial charge in [0.1, 0.15) is 11.6 Å². The van der Waals surface area contributed by atoms with Crippen molar-refractivity contribution in [3.8, 4) is 5.75 Å². The second-order valence-corrected chi connectivity index (χ2v) is 4.65. The summed E-state index contributed by atoms with van der Waals surface area (Å²) >= 11 is 0. The average molecular weight is 274 g/mol. The first kappa shape index (κ1) is 14.5. The van der Waals surface area contributed by atoms with Crippen molar-refractivity contribution in [3.05, 3.63) is 59.7 Å². The van der Waals surface area contributed by atoms with E-state index in [1.807, 2.05) is 32.3 Å². The van der Waals surface area contributed by atoms with Crippen LogP contribution >= 0.6 is 0 Å². The van der Waals surface area contributed by atoms with Crippen molar-refractivity contribution >= 4 is 0 Å². The molecule has 0 saturated carbocycles. The molecule has 106 valence electrons. The highest BCUT2D eigenvalue weighted by molar-refractivity contribution is 5.36. The van der Waals surface area contributed by atoms with Crippen LogP contribution < -0.4 is 10.1 Å². The Labute approximate surface area is 118 Å². The number of ether oxygens (including phenoxy) is 1. The van der Waals surface area contributed by atoms with Crippen molar-refractivity contribution in [3.63, 3.8) is 0 Å². The highest BCUT2D eigenvalue weighted by atomic mass is 19.1. The van der Waals surface area contributed by atoms with E-state index in [1.54, 1.807) is 12.3 Å². The summed E-state index contributed by atoms with van der Waals surface area (Å²) in [6.45, 7) is 2.52. The third kappa shape index (κ3) is 3.78. The van der Waals surface area contributed by atoms with E-state index in [2.05, 4.69) is 10.3 Å². The minimum absolute atomic E-state index is 0.0408. The van der Waals surface area contributed by atoms with Crippen molar-refractivity contribution in [2.45, 2.75) is 19.4 Å². The fourth-order valence-corrected chi connectivity index (χ4v) is 1.97. The number of pyridine rings is 1. The summed E-state index contributed by atoms with van der Waals surface area (Å²) in [5, 5.41) is 3.10. The summed E-state index contributed by atoms with van der Waals surface area (Å²) in [5.74, 6) is 0.471. The van der Waals surface area contributed by atoms with Crippen LogP contribution in [0.3, 0.4) is 0 Å². The molecule has 2 aromatic rings. The van der Waals surface area contributed by atoms with E-state index >= 15 is 0 Å². The number of rotatable bonds is 6. The van der Waals surface area contributed by atoms with Gasteiger partial charge in [0.15, 0.2) is 0 Å². The Kier molecular flexibility index (Phi) is 5.07. The van der Waals surface area contributed by atoms with Crippen LogP contribution in [0.15, 0.2) is 42.7 Å². The molecule has 1 unspecified atom stereocenters. The zero-order chi connectivity index (χ0) is 14.4. The number of aromatic nitrogens is 1. The molecule has 0 spiro atoms. The van der Waals surface area contributed by atoms with Crippen LogP contribution in [-0.4, -0.2) is 18.6 Å². The fourth-order valence-electron chi connectivity index (χ4n) is 1.97. The second kappa shape index (κ2) is 7.01. The van der Waals surface area contributed by atoms with Gasteiger partial charge < -0.3 is 10.1 Å². The number of benzene rings is 1. The van der Waals surface area contributed by atoms with E-state index in [9.17, 15) is 4.39 Å². The highest BCUT2D eigenvalue weighted by Crippen LogP contribution is 2.26. The molecule has 0 saturated heterocycles. The summed E-state index contributed by atoms with van der Waals surface area (Å²) in [6, 6.07) is 8.58. The molecule has 2 rings (SSSR count). The molecule has 1 heterocycles. The number of halogens is 1. The van der Waals surface area contributed by atoms with E-state index in [-0.39, 0.29) is 11.9 Å². The van der Waals surface area contributed by atoms with Crippen LogP contribution in [0.25, 0.3) is 0 Å². The van der Waals surface area contributed by atoms with Crippen LogP contribution in [0.4, 0.5) is 4.39 Å². The molecule has 1 aromatic carbocycles. The Hall–Kier alpha value is -1.94. The van der Waals surface area contributed by atoms with E-state index in [1.165, 1.54) is 12.1 Å². The molecule has 0 aliphatic heterocycles. The Balaban J connectivity index is 2.02. The van der Waals surface area contributed by atoms with Crippen LogP contribution in [0.1, 0.15) is 24.1 Å². The second-order valence-electron chi connectivity index (χ2n) is 4.65. The molecule has 0 aliphatic carbocycles. The van der Waals surface area contributed by atoms with Gasteiger partial charge >= 0.3 is 0 Å². The van der Waals surface area contributed by atoms with E-state index < -0.39 is 0 Å². The first-order valence-corrected chi connectivity index (χ1v) is 6.69. The lowest BCUT2D eigenvalue weighted by Gasteiger charge is -2.16. The summed E-state index contributed by atoms with van der Waals surface area (Å²) in [4.78, 5) is 4.07. The smallest absolute Gasteiger partial charge is 0.124 e. The van der Waals surface area contributed by atoms with Gasteiger partial charge in [-0.1, -0.05) is 6.07 Å². The van der Waals surface area contributed by atoms with Gasteiger partial charge in [0.25, 0.3) is 0 Å². The molecule has 0 aliphatic rings. The van der Waals surface area contributed by atoms with Gasteiger partial charge in [0.05, 0.1) is 6.61 Å². The number of nitrogens with zero attached hydrogens (tertiary/aromatic N) is 1. The maximum atomic E-state index is 13.3. The van der Waals surface area contributed by atoms with Crippen molar-refractivity contribution in [1.29, 1.82) is 0 Å². The average Bonchev–Trinajstić information content (AvgIpc) is 2.49. The Morgan fingerprint density at radius 1 is 1.35 bits per heavy atom. The maximum Gasteiger partial charge on any atom is 0.124 e. The molecule has 0 amide bonds. The zero-order valence-corrected chi connectivity index (χ0v) is 11.8. The summed E-state index contributed by atoms with van der Waals surface area (Å²) < 4.78 is 19.1. The topological polar surface area (TPSA) is 34.1 Å². The zero-order valence-electron chi connectivity index (χ0n) is 11.8. The first-order valence-electron chi connectivity index (χ1n) is 6.69. The normalized spacial score (nSPS) is 12.2. The summed E-state index contributed by atoms with van der Waals surface area (Å²) in [6.07, 6.45) is 4.35. The van der Waals surface area contributed by atoms with Crippen molar-refractivity contribution in [2.24, 2.45) is 0 Å². The van der Waals surface area contributed by atoms with Crippen LogP contribution in [-0.2, 0) is 6.42 Å². The minimum atomic E-state index is -0.248. The maximum absolute atomic E-state index is 13.3. The molecule has 1 atom stereocenters. The molecule has 0 bridgehead atoms. The SMILES string of the molecule is CNC(C)c1cc(F)ccc1OCCc1cccnc1. The van der Waals surface area contributed by atoms with Gasteiger partial charge in [-0.2, -0.15) is 0 Å². The molecule has 3 nitrogen and oxygen atoms in total. The standard InChI is InChI=1S/C16H19FN2O/c1-12(18-2)15-10-14(17)5-6-16(15)20-9-7-13-4-3-8-19-11-13/h3-6,8,10-12,18H,7,9H2,1-2H3. The highest BCUT2D eigenvalue weighted by Gasteiger charge is 2.11. The molecule has 1 N–H and O–H groups in total. The van der Waals surface area contributed by atoms with E-state index in [0.717, 1.165) is 23.3 Å². The van der Waals surface area contributed by atoms with Crippen molar-refractivity contribution in [2.75, 3.05) is 13.7 Å². The lowest BCUT2D eigenvalue weighted by atomic mass is 10.1. The van der Waals surface area contributed by atoms with Gasteiger partial charge in [-0.25, -0.2) is 4.39 Å². The largest absolute Gasteiger partial charge is 0.493 e. The molecule has 0 radical (unpaired) electrons. The Morgan fingerprint density at radius 3 is 2.90 bits per heavy atom. The summed E-state index contributed by atoms with van der Waals surface area (Å²) in [7, 11) is 1.84. The van der Waals surface area contributed by atoms with Crippen molar-refractivity contribution < 1.29 is 9.13 Å².